The molecule has 5 N–H and O–H groups in total. The normalized spacial score (nSPS) is 16.5. The van der Waals surface area contributed by atoms with Crippen LogP contribution in [0.2, 0.25) is 0 Å². The smallest absolute Gasteiger partial charge is 0.335 e. The van der Waals surface area contributed by atoms with Gasteiger partial charge in [0.15, 0.2) is 0 Å². The van der Waals surface area contributed by atoms with E-state index in [9.17, 15) is 19.5 Å². The highest BCUT2D eigenvalue weighted by atomic mass is 16.5. The second-order valence-electron chi connectivity index (χ2n) is 9.50. The molecule has 1 fully saturated rings. The molecular weight excluding hydrogens is 486 g/mol. The van der Waals surface area contributed by atoms with Crippen LogP contribution in [-0.4, -0.2) is 58.7 Å². The van der Waals surface area contributed by atoms with Crippen LogP contribution in [0, 0.1) is 6.92 Å². The molecule has 1 aliphatic rings. The number of hydrogen-bond donors (Lipinski definition) is 4. The average Bonchev–Trinajstić information content (AvgIpc) is 2.88. The average molecular weight is 518 g/mol. The molecule has 9 nitrogen and oxygen atoms in total. The largest absolute Gasteiger partial charge is 0.508 e. The molecule has 2 atom stereocenters. The number of nitrogens with one attached hydrogen (secondary N) is 1. The zero-order valence-corrected chi connectivity index (χ0v) is 21.3. The van der Waals surface area contributed by atoms with Gasteiger partial charge in [0.25, 0.3) is 0 Å². The van der Waals surface area contributed by atoms with Crippen molar-refractivity contribution in [3.63, 3.8) is 0 Å². The summed E-state index contributed by atoms with van der Waals surface area (Å²) in [5.41, 5.74) is 10.1. The lowest BCUT2D eigenvalue weighted by molar-refractivity contribution is -0.133. The molecular formula is C29H31N3O6. The van der Waals surface area contributed by atoms with Gasteiger partial charge >= 0.3 is 5.97 Å². The summed E-state index contributed by atoms with van der Waals surface area (Å²) in [5, 5.41) is 22.6. The fourth-order valence-electron chi connectivity index (χ4n) is 4.67. The summed E-state index contributed by atoms with van der Waals surface area (Å²) < 4.78 is 5.61. The minimum Gasteiger partial charge on any atom is -0.508 e. The molecule has 2 amide bonds. The molecule has 1 saturated heterocycles. The van der Waals surface area contributed by atoms with E-state index in [1.54, 1.807) is 36.4 Å². The summed E-state index contributed by atoms with van der Waals surface area (Å²) in [6.07, 6.45) is 0. The third-order valence-corrected chi connectivity index (χ3v) is 6.74. The quantitative estimate of drug-likeness (QED) is 0.359. The van der Waals surface area contributed by atoms with Crippen molar-refractivity contribution >= 4 is 17.8 Å². The van der Waals surface area contributed by atoms with Crippen molar-refractivity contribution in [3.8, 4) is 16.9 Å². The van der Waals surface area contributed by atoms with Crippen molar-refractivity contribution in [3.05, 3.63) is 88.5 Å². The first-order valence-electron chi connectivity index (χ1n) is 12.3. The Morgan fingerprint density at radius 3 is 2.45 bits per heavy atom. The molecule has 198 valence electrons. The predicted molar refractivity (Wildman–Crippen MR) is 142 cm³/mol. The van der Waals surface area contributed by atoms with Crippen LogP contribution < -0.4 is 11.1 Å². The number of hydrogen-bond acceptors (Lipinski definition) is 6. The molecule has 9 heteroatoms. The number of phenols is 1. The van der Waals surface area contributed by atoms with E-state index in [0.717, 1.165) is 27.8 Å². The van der Waals surface area contributed by atoms with Gasteiger partial charge in [-0.3, -0.25) is 14.5 Å². The molecule has 38 heavy (non-hydrogen) atoms. The van der Waals surface area contributed by atoms with E-state index in [1.807, 2.05) is 30.9 Å². The highest BCUT2D eigenvalue weighted by molar-refractivity contribution is 5.93. The van der Waals surface area contributed by atoms with Gasteiger partial charge in [0.2, 0.25) is 11.8 Å². The van der Waals surface area contributed by atoms with E-state index in [-0.39, 0.29) is 29.9 Å². The van der Waals surface area contributed by atoms with Crippen LogP contribution in [0.3, 0.4) is 0 Å². The molecule has 3 aromatic rings. The van der Waals surface area contributed by atoms with E-state index in [4.69, 9.17) is 15.6 Å². The topological polar surface area (TPSA) is 142 Å². The van der Waals surface area contributed by atoms with Crippen LogP contribution in [0.25, 0.3) is 11.1 Å². The van der Waals surface area contributed by atoms with Crippen molar-refractivity contribution in [1.29, 1.82) is 0 Å². The van der Waals surface area contributed by atoms with Crippen LogP contribution >= 0.6 is 0 Å². The van der Waals surface area contributed by atoms with Crippen LogP contribution in [-0.2, 0) is 16.1 Å². The number of carbonyl (C=O) groups is 3. The summed E-state index contributed by atoms with van der Waals surface area (Å²) >= 11 is 0. The number of carbonyl (C=O) groups excluding carboxylic acids is 2. The number of aryl methyl sites for hydroxylation is 1. The number of carboxylic acids is 1. The maximum Gasteiger partial charge on any atom is 0.335 e. The Morgan fingerprint density at radius 2 is 1.79 bits per heavy atom. The van der Waals surface area contributed by atoms with Gasteiger partial charge < -0.3 is 26.0 Å². The van der Waals surface area contributed by atoms with Gasteiger partial charge in [-0.05, 0) is 84.1 Å². The van der Waals surface area contributed by atoms with Crippen LogP contribution in [0.1, 0.15) is 50.4 Å². The van der Waals surface area contributed by atoms with Gasteiger partial charge in [-0.15, -0.1) is 0 Å². The number of rotatable bonds is 8. The number of primary amides is 1. The van der Waals surface area contributed by atoms with Gasteiger partial charge in [0.05, 0.1) is 24.8 Å². The first-order chi connectivity index (χ1) is 18.1. The summed E-state index contributed by atoms with van der Waals surface area (Å²) in [7, 11) is 0. The number of carboxylic acid groups (broad SMARTS) is 1. The summed E-state index contributed by atoms with van der Waals surface area (Å²) in [4.78, 5) is 37.9. The number of nitrogens with zero attached hydrogens (tertiary/aromatic N) is 1. The van der Waals surface area contributed by atoms with E-state index >= 15 is 0 Å². The maximum atomic E-state index is 13.2. The van der Waals surface area contributed by atoms with E-state index in [2.05, 4.69) is 5.32 Å². The number of phenolic OH excluding ortho intramolecular Hbond substituents is 1. The van der Waals surface area contributed by atoms with Gasteiger partial charge in [0.1, 0.15) is 11.8 Å². The molecule has 0 bridgehead atoms. The first kappa shape index (κ1) is 26.8. The summed E-state index contributed by atoms with van der Waals surface area (Å²) in [6, 6.07) is 16.0. The standard InChI is InChI=1S/C29H31N3O6/c1-17-11-22(27(30)34)7-8-25(17)23-12-19(13-24(33)14-23)15-32-9-10-38-16-26(32)28(35)31-18(2)20-3-5-21(6-4-20)29(36)37/h3-8,11-14,18,26,33H,9-10,15-16H2,1-2H3,(H2,30,34)(H,31,35)(H,36,37)/t18-,26+/m0/s1. The molecule has 0 aromatic heterocycles. The van der Waals surface area contributed by atoms with Crippen molar-refractivity contribution in [2.45, 2.75) is 32.5 Å². The zero-order chi connectivity index (χ0) is 27.4. The minimum absolute atomic E-state index is 0.101. The van der Waals surface area contributed by atoms with Gasteiger partial charge in [-0.2, -0.15) is 0 Å². The molecule has 0 radical (unpaired) electrons. The number of benzene rings is 3. The SMILES string of the molecule is Cc1cc(C(N)=O)ccc1-c1cc(O)cc(CN2CCOC[C@@H]2C(=O)N[C@@H](C)c2ccc(C(=O)O)cc2)c1. The Hall–Kier alpha value is -4.21. The summed E-state index contributed by atoms with van der Waals surface area (Å²) in [6.45, 7) is 5.39. The fraction of sp³-hybridized carbons (Fsp3) is 0.276. The van der Waals surface area contributed by atoms with Gasteiger partial charge in [-0.1, -0.05) is 18.2 Å². The maximum absolute atomic E-state index is 13.2. The van der Waals surface area contributed by atoms with Crippen LogP contribution in [0.15, 0.2) is 60.7 Å². The van der Waals surface area contributed by atoms with E-state index in [0.29, 0.717) is 25.3 Å². The number of morpholine rings is 1. The predicted octanol–water partition coefficient (Wildman–Crippen LogP) is 3.24. The Bertz CT molecular complexity index is 1350. The number of ether oxygens (including phenoxy) is 1. The molecule has 4 rings (SSSR count). The second-order valence-corrected chi connectivity index (χ2v) is 9.50. The van der Waals surface area contributed by atoms with E-state index in [1.165, 1.54) is 12.1 Å². The molecule has 0 unspecified atom stereocenters. The van der Waals surface area contributed by atoms with Crippen molar-refractivity contribution < 1.29 is 29.3 Å². The lowest BCUT2D eigenvalue weighted by Gasteiger charge is -2.35. The third kappa shape index (κ3) is 6.19. The highest BCUT2D eigenvalue weighted by Crippen LogP contribution is 2.30. The van der Waals surface area contributed by atoms with Gasteiger partial charge in [-0.25, -0.2) is 4.79 Å². The Labute approximate surface area is 220 Å². The first-order valence-corrected chi connectivity index (χ1v) is 12.3. The molecule has 1 aliphatic heterocycles. The number of amides is 2. The van der Waals surface area contributed by atoms with Crippen LogP contribution in [0.4, 0.5) is 0 Å². The molecule has 0 saturated carbocycles. The molecule has 0 aliphatic carbocycles. The lowest BCUT2D eigenvalue weighted by Crippen LogP contribution is -2.53. The van der Waals surface area contributed by atoms with Crippen molar-refractivity contribution in [2.75, 3.05) is 19.8 Å². The molecule has 1 heterocycles. The Morgan fingerprint density at radius 1 is 1.08 bits per heavy atom. The lowest BCUT2D eigenvalue weighted by atomic mass is 9.96. The number of nitrogens with two attached hydrogens (primary N) is 1. The van der Waals surface area contributed by atoms with Gasteiger partial charge in [0, 0.05) is 18.7 Å². The molecule has 0 spiro atoms. The number of aromatic hydroxyl groups is 1. The van der Waals surface area contributed by atoms with E-state index < -0.39 is 17.9 Å². The third-order valence-electron chi connectivity index (χ3n) is 6.74. The van der Waals surface area contributed by atoms with Crippen molar-refractivity contribution in [1.82, 2.24) is 10.2 Å². The summed E-state index contributed by atoms with van der Waals surface area (Å²) in [5.74, 6) is -1.60. The molecule has 3 aromatic carbocycles. The fourth-order valence-corrected chi connectivity index (χ4v) is 4.67. The monoisotopic (exact) mass is 517 g/mol. The van der Waals surface area contributed by atoms with Crippen LogP contribution in [0.5, 0.6) is 5.75 Å². The zero-order valence-electron chi connectivity index (χ0n) is 21.3. The van der Waals surface area contributed by atoms with Crippen molar-refractivity contribution in [2.24, 2.45) is 5.73 Å². The number of aromatic carboxylic acids is 1. The minimum atomic E-state index is -1.00. The Balaban J connectivity index is 1.50. The highest BCUT2D eigenvalue weighted by Gasteiger charge is 2.30. The Kier molecular flexibility index (Phi) is 8.09. The second kappa shape index (κ2) is 11.5.